The smallest absolute Gasteiger partial charge is 0.00175 e. The fourth-order valence-electron chi connectivity index (χ4n) is 2.88. The van der Waals surface area contributed by atoms with Gasteiger partial charge in [-0.2, -0.15) is 0 Å². The summed E-state index contributed by atoms with van der Waals surface area (Å²) in [6, 6.07) is 0. The molecule has 1 saturated heterocycles. The highest BCUT2D eigenvalue weighted by atomic mass is 14.9. The lowest BCUT2D eigenvalue weighted by Gasteiger charge is -2.23. The van der Waals surface area contributed by atoms with Crippen LogP contribution in [0.1, 0.15) is 53.4 Å². The van der Waals surface area contributed by atoms with E-state index in [0.29, 0.717) is 0 Å². The van der Waals surface area contributed by atoms with Crippen LogP contribution in [0.5, 0.6) is 0 Å². The third-order valence-corrected chi connectivity index (χ3v) is 4.36. The summed E-state index contributed by atoms with van der Waals surface area (Å²) in [4.78, 5) is 0. The lowest BCUT2D eigenvalue weighted by molar-refractivity contribution is 0.281. The molecule has 1 rings (SSSR count). The molecule has 1 heterocycles. The molecule has 1 aliphatic heterocycles. The molecule has 0 radical (unpaired) electrons. The van der Waals surface area contributed by atoms with Gasteiger partial charge in [0.2, 0.25) is 0 Å². The molecule has 15 heavy (non-hydrogen) atoms. The van der Waals surface area contributed by atoms with E-state index in [1.165, 1.54) is 38.8 Å². The van der Waals surface area contributed by atoms with Gasteiger partial charge in [0.25, 0.3) is 0 Å². The Balaban J connectivity index is 2.22. The van der Waals surface area contributed by atoms with E-state index in [4.69, 9.17) is 0 Å². The van der Waals surface area contributed by atoms with Crippen LogP contribution in [0.4, 0.5) is 0 Å². The van der Waals surface area contributed by atoms with Gasteiger partial charge in [-0.15, -0.1) is 0 Å². The standard InChI is InChI=1S/C14H29N/c1-5-13(11(2)3)7-6-12(4)14-8-9-15-10-14/h11-15H,5-10H2,1-4H3. The minimum absolute atomic E-state index is 0.865. The largest absolute Gasteiger partial charge is 0.316 e. The minimum Gasteiger partial charge on any atom is -0.316 e. The predicted octanol–water partition coefficient (Wildman–Crippen LogP) is 3.69. The van der Waals surface area contributed by atoms with Gasteiger partial charge in [-0.25, -0.2) is 0 Å². The van der Waals surface area contributed by atoms with E-state index in [-0.39, 0.29) is 0 Å². The summed E-state index contributed by atoms with van der Waals surface area (Å²) in [6.07, 6.45) is 5.63. The van der Waals surface area contributed by atoms with Crippen molar-refractivity contribution in [1.82, 2.24) is 5.32 Å². The van der Waals surface area contributed by atoms with E-state index in [0.717, 1.165) is 23.7 Å². The van der Waals surface area contributed by atoms with Gasteiger partial charge in [-0.1, -0.05) is 40.5 Å². The lowest BCUT2D eigenvalue weighted by atomic mass is 9.82. The lowest BCUT2D eigenvalue weighted by Crippen LogP contribution is -2.17. The first kappa shape index (κ1) is 13.0. The van der Waals surface area contributed by atoms with Gasteiger partial charge in [0.05, 0.1) is 0 Å². The first-order valence-corrected chi connectivity index (χ1v) is 6.85. The van der Waals surface area contributed by atoms with E-state index in [9.17, 15) is 0 Å². The normalized spacial score (nSPS) is 25.8. The Kier molecular flexibility index (Phi) is 5.66. The first-order chi connectivity index (χ1) is 7.15. The summed E-state index contributed by atoms with van der Waals surface area (Å²) in [5.41, 5.74) is 0. The predicted molar refractivity (Wildman–Crippen MR) is 68.0 cm³/mol. The fourth-order valence-corrected chi connectivity index (χ4v) is 2.88. The number of hydrogen-bond donors (Lipinski definition) is 1. The number of rotatable bonds is 6. The molecular weight excluding hydrogens is 182 g/mol. The van der Waals surface area contributed by atoms with Gasteiger partial charge in [-0.3, -0.25) is 0 Å². The molecule has 1 nitrogen and oxygen atoms in total. The van der Waals surface area contributed by atoms with E-state index in [2.05, 4.69) is 33.0 Å². The Labute approximate surface area is 96.0 Å². The second-order valence-electron chi connectivity index (χ2n) is 5.72. The Hall–Kier alpha value is -0.0400. The Morgan fingerprint density at radius 1 is 1.20 bits per heavy atom. The molecule has 0 aromatic heterocycles. The van der Waals surface area contributed by atoms with E-state index in [1.54, 1.807) is 0 Å². The second-order valence-corrected chi connectivity index (χ2v) is 5.72. The van der Waals surface area contributed by atoms with Crippen molar-refractivity contribution in [2.75, 3.05) is 13.1 Å². The third kappa shape index (κ3) is 4.14. The van der Waals surface area contributed by atoms with Gasteiger partial charge in [0.15, 0.2) is 0 Å². The molecule has 0 aromatic rings. The van der Waals surface area contributed by atoms with Gasteiger partial charge < -0.3 is 5.32 Å². The van der Waals surface area contributed by atoms with Gasteiger partial charge in [-0.05, 0) is 49.6 Å². The van der Waals surface area contributed by atoms with Gasteiger partial charge >= 0.3 is 0 Å². The molecule has 0 bridgehead atoms. The summed E-state index contributed by atoms with van der Waals surface area (Å²) < 4.78 is 0. The molecule has 3 unspecified atom stereocenters. The number of hydrogen-bond acceptors (Lipinski definition) is 1. The number of nitrogens with one attached hydrogen (secondary N) is 1. The zero-order valence-electron chi connectivity index (χ0n) is 11.1. The van der Waals surface area contributed by atoms with Crippen molar-refractivity contribution in [3.05, 3.63) is 0 Å². The molecular formula is C14H29N. The highest BCUT2D eigenvalue weighted by Crippen LogP contribution is 2.28. The summed E-state index contributed by atoms with van der Waals surface area (Å²) in [5, 5.41) is 3.48. The molecule has 0 aliphatic carbocycles. The zero-order valence-corrected chi connectivity index (χ0v) is 11.1. The van der Waals surface area contributed by atoms with Crippen LogP contribution >= 0.6 is 0 Å². The van der Waals surface area contributed by atoms with Crippen molar-refractivity contribution in [2.45, 2.75) is 53.4 Å². The molecule has 3 atom stereocenters. The van der Waals surface area contributed by atoms with E-state index < -0.39 is 0 Å². The van der Waals surface area contributed by atoms with Crippen LogP contribution < -0.4 is 5.32 Å². The van der Waals surface area contributed by atoms with Crippen molar-refractivity contribution in [3.8, 4) is 0 Å². The van der Waals surface area contributed by atoms with Crippen LogP contribution in [0.2, 0.25) is 0 Å². The van der Waals surface area contributed by atoms with Crippen molar-refractivity contribution < 1.29 is 0 Å². The monoisotopic (exact) mass is 211 g/mol. The second kappa shape index (κ2) is 6.52. The summed E-state index contributed by atoms with van der Waals surface area (Å²) >= 11 is 0. The quantitative estimate of drug-likeness (QED) is 0.706. The minimum atomic E-state index is 0.865. The molecule has 1 heteroatoms. The molecule has 1 aliphatic rings. The summed E-state index contributed by atoms with van der Waals surface area (Å²) in [6.45, 7) is 12.0. The van der Waals surface area contributed by atoms with Crippen molar-refractivity contribution in [1.29, 1.82) is 0 Å². The topological polar surface area (TPSA) is 12.0 Å². The Bertz CT molecular complexity index is 159. The first-order valence-electron chi connectivity index (χ1n) is 6.85. The molecule has 0 spiro atoms. The van der Waals surface area contributed by atoms with Crippen LogP contribution in [0.25, 0.3) is 0 Å². The third-order valence-electron chi connectivity index (χ3n) is 4.36. The maximum Gasteiger partial charge on any atom is -0.00175 e. The van der Waals surface area contributed by atoms with E-state index in [1.807, 2.05) is 0 Å². The Morgan fingerprint density at radius 2 is 1.93 bits per heavy atom. The zero-order chi connectivity index (χ0) is 11.3. The molecule has 0 amide bonds. The summed E-state index contributed by atoms with van der Waals surface area (Å²) in [5.74, 6) is 3.69. The highest BCUT2D eigenvalue weighted by molar-refractivity contribution is 4.76. The van der Waals surface area contributed by atoms with Crippen LogP contribution in [-0.2, 0) is 0 Å². The Morgan fingerprint density at radius 3 is 2.40 bits per heavy atom. The van der Waals surface area contributed by atoms with Crippen molar-refractivity contribution in [3.63, 3.8) is 0 Å². The van der Waals surface area contributed by atoms with Gasteiger partial charge in [0, 0.05) is 0 Å². The summed E-state index contributed by atoms with van der Waals surface area (Å²) in [7, 11) is 0. The van der Waals surface area contributed by atoms with Crippen molar-refractivity contribution in [2.24, 2.45) is 23.7 Å². The highest BCUT2D eigenvalue weighted by Gasteiger charge is 2.22. The molecule has 0 saturated carbocycles. The molecule has 1 N–H and O–H groups in total. The maximum absolute atomic E-state index is 3.48. The maximum atomic E-state index is 3.48. The van der Waals surface area contributed by atoms with Gasteiger partial charge in [0.1, 0.15) is 0 Å². The van der Waals surface area contributed by atoms with Crippen LogP contribution in [0, 0.1) is 23.7 Å². The SMILES string of the molecule is CCC(CCC(C)C1CCNC1)C(C)C. The van der Waals surface area contributed by atoms with Crippen LogP contribution in [0.15, 0.2) is 0 Å². The average Bonchev–Trinajstić information content (AvgIpc) is 2.70. The molecule has 1 fully saturated rings. The average molecular weight is 211 g/mol. The fraction of sp³-hybridized carbons (Fsp3) is 1.00. The van der Waals surface area contributed by atoms with Crippen LogP contribution in [0.3, 0.4) is 0 Å². The molecule has 0 aromatic carbocycles. The van der Waals surface area contributed by atoms with Crippen LogP contribution in [-0.4, -0.2) is 13.1 Å². The van der Waals surface area contributed by atoms with Crippen molar-refractivity contribution >= 4 is 0 Å². The molecule has 90 valence electrons. The van der Waals surface area contributed by atoms with E-state index >= 15 is 0 Å².